The van der Waals surface area contributed by atoms with Gasteiger partial charge in [0.15, 0.2) is 5.69 Å². The molecule has 2 amide bonds. The van der Waals surface area contributed by atoms with Crippen LogP contribution in [-0.2, 0) is 6.54 Å². The lowest BCUT2D eigenvalue weighted by atomic mass is 10.2. The minimum Gasteiger partial charge on any atom is -0.476 e. The molecule has 1 atom stereocenters. The minimum absolute atomic E-state index is 0.00812. The number of aromatic carboxylic acids is 1. The predicted molar refractivity (Wildman–Crippen MR) is 80.7 cm³/mol. The van der Waals surface area contributed by atoms with Crippen LogP contribution < -0.4 is 10.6 Å². The summed E-state index contributed by atoms with van der Waals surface area (Å²) in [4.78, 5) is 26.1. The zero-order valence-electron chi connectivity index (χ0n) is 11.7. The van der Waals surface area contributed by atoms with Crippen LogP contribution in [0, 0.1) is 0 Å². The van der Waals surface area contributed by atoms with E-state index in [0.29, 0.717) is 24.9 Å². The van der Waals surface area contributed by atoms with Gasteiger partial charge in [-0.3, -0.25) is 0 Å². The molecule has 116 valence electrons. The van der Waals surface area contributed by atoms with Gasteiger partial charge in [-0.05, 0) is 18.6 Å². The van der Waals surface area contributed by atoms with Crippen molar-refractivity contribution in [1.82, 2.24) is 20.2 Å². The lowest BCUT2D eigenvalue weighted by Gasteiger charge is -2.21. The maximum atomic E-state index is 11.6. The molecule has 0 radical (unpaired) electrons. The fourth-order valence-electron chi connectivity index (χ4n) is 2.13. The summed E-state index contributed by atoms with van der Waals surface area (Å²) in [5, 5.41) is 14.9. The van der Waals surface area contributed by atoms with E-state index < -0.39 is 5.97 Å². The summed E-state index contributed by atoms with van der Waals surface area (Å²) in [7, 11) is 0. The molecule has 3 N–H and O–H groups in total. The standard InChI is InChI=1S/C13H20N4O3S/c18-12(19)11-8-17(9-16-11)5-4-14-13(20)15-7-10-3-1-2-6-21-10/h8-10H,1-7H2,(H,18,19)(H2,14,15,20). The molecule has 2 heterocycles. The molecule has 0 aliphatic carbocycles. The smallest absolute Gasteiger partial charge is 0.356 e. The van der Waals surface area contributed by atoms with Gasteiger partial charge in [0.2, 0.25) is 0 Å². The molecule has 1 aliphatic heterocycles. The summed E-state index contributed by atoms with van der Waals surface area (Å²) in [6, 6.07) is -0.181. The molecular formula is C13H20N4O3S. The number of hydrogen-bond donors (Lipinski definition) is 3. The van der Waals surface area contributed by atoms with Gasteiger partial charge in [-0.15, -0.1) is 0 Å². The Morgan fingerprint density at radius 2 is 2.29 bits per heavy atom. The van der Waals surface area contributed by atoms with Crippen molar-refractivity contribution in [2.24, 2.45) is 0 Å². The van der Waals surface area contributed by atoms with Gasteiger partial charge in [0, 0.05) is 31.1 Å². The number of carbonyl (C=O) groups excluding carboxylic acids is 1. The summed E-state index contributed by atoms with van der Waals surface area (Å²) in [5.41, 5.74) is 0.00812. The average Bonchev–Trinajstić information content (AvgIpc) is 2.95. The molecule has 1 aliphatic rings. The first kappa shape index (κ1) is 15.7. The third kappa shape index (κ3) is 5.30. The number of hydrogen-bond acceptors (Lipinski definition) is 4. The highest BCUT2D eigenvalue weighted by Crippen LogP contribution is 2.24. The molecule has 7 nitrogen and oxygen atoms in total. The normalized spacial score (nSPS) is 18.2. The van der Waals surface area contributed by atoms with Crippen LogP contribution >= 0.6 is 11.8 Å². The van der Waals surface area contributed by atoms with E-state index in [1.807, 2.05) is 11.8 Å². The molecular weight excluding hydrogens is 292 g/mol. The molecule has 0 bridgehead atoms. The number of aromatic nitrogens is 2. The van der Waals surface area contributed by atoms with Gasteiger partial charge in [-0.1, -0.05) is 6.42 Å². The molecule has 1 aromatic heterocycles. The van der Waals surface area contributed by atoms with Crippen molar-refractivity contribution in [3.8, 4) is 0 Å². The Labute approximate surface area is 127 Å². The van der Waals surface area contributed by atoms with Crippen molar-refractivity contribution < 1.29 is 14.7 Å². The van der Waals surface area contributed by atoms with E-state index in [4.69, 9.17) is 5.11 Å². The third-order valence-corrected chi connectivity index (χ3v) is 4.67. The van der Waals surface area contributed by atoms with E-state index in [9.17, 15) is 9.59 Å². The first-order valence-electron chi connectivity index (χ1n) is 7.03. The first-order valence-corrected chi connectivity index (χ1v) is 8.08. The number of carboxylic acids is 1. The zero-order valence-corrected chi connectivity index (χ0v) is 12.6. The number of urea groups is 1. The lowest BCUT2D eigenvalue weighted by molar-refractivity contribution is 0.0691. The molecule has 0 aromatic carbocycles. The molecule has 0 saturated carbocycles. The van der Waals surface area contributed by atoms with Crippen LogP contribution in [0.15, 0.2) is 12.5 Å². The topological polar surface area (TPSA) is 96.2 Å². The first-order chi connectivity index (χ1) is 10.1. The summed E-state index contributed by atoms with van der Waals surface area (Å²) in [5.74, 6) is 0.130. The SMILES string of the molecule is O=C(NCCn1cnc(C(=O)O)c1)NCC1CCCCS1. The van der Waals surface area contributed by atoms with Crippen molar-refractivity contribution in [1.29, 1.82) is 0 Å². The number of carboxylic acid groups (broad SMARTS) is 1. The summed E-state index contributed by atoms with van der Waals surface area (Å²) in [6.45, 7) is 1.62. The minimum atomic E-state index is -1.05. The average molecular weight is 312 g/mol. The molecule has 1 fully saturated rings. The Kier molecular flexibility index (Phi) is 5.91. The van der Waals surface area contributed by atoms with E-state index >= 15 is 0 Å². The molecule has 1 aromatic rings. The van der Waals surface area contributed by atoms with Crippen LogP contribution in [-0.4, -0.2) is 50.8 Å². The van der Waals surface area contributed by atoms with Crippen molar-refractivity contribution in [2.45, 2.75) is 31.1 Å². The molecule has 8 heteroatoms. The van der Waals surface area contributed by atoms with Crippen molar-refractivity contribution in [3.63, 3.8) is 0 Å². The summed E-state index contributed by atoms with van der Waals surface area (Å²) in [6.07, 6.45) is 6.57. The maximum Gasteiger partial charge on any atom is 0.356 e. The second-order valence-corrected chi connectivity index (χ2v) is 6.34. The number of thioether (sulfide) groups is 1. The zero-order chi connectivity index (χ0) is 15.1. The van der Waals surface area contributed by atoms with E-state index in [2.05, 4.69) is 15.6 Å². The van der Waals surface area contributed by atoms with Gasteiger partial charge < -0.3 is 20.3 Å². The van der Waals surface area contributed by atoms with Gasteiger partial charge in [0.1, 0.15) is 0 Å². The second-order valence-electron chi connectivity index (χ2n) is 4.93. The van der Waals surface area contributed by atoms with Crippen LogP contribution in [0.1, 0.15) is 29.8 Å². The molecule has 21 heavy (non-hydrogen) atoms. The van der Waals surface area contributed by atoms with E-state index in [-0.39, 0.29) is 11.7 Å². The molecule has 1 unspecified atom stereocenters. The van der Waals surface area contributed by atoms with Crippen molar-refractivity contribution >= 4 is 23.8 Å². The Bertz CT molecular complexity index is 486. The molecule has 0 spiro atoms. The maximum absolute atomic E-state index is 11.6. The Hall–Kier alpha value is -1.70. The van der Waals surface area contributed by atoms with Crippen LogP contribution in [0.25, 0.3) is 0 Å². The van der Waals surface area contributed by atoms with Gasteiger partial charge in [0.05, 0.1) is 6.33 Å². The van der Waals surface area contributed by atoms with Crippen LogP contribution in [0.5, 0.6) is 0 Å². The van der Waals surface area contributed by atoms with E-state index in [0.717, 1.165) is 6.42 Å². The Morgan fingerprint density at radius 3 is 2.95 bits per heavy atom. The van der Waals surface area contributed by atoms with Crippen molar-refractivity contribution in [3.05, 3.63) is 18.2 Å². The molecule has 1 saturated heterocycles. The van der Waals surface area contributed by atoms with Gasteiger partial charge in [-0.25, -0.2) is 14.6 Å². The predicted octanol–water partition coefficient (Wildman–Crippen LogP) is 1.17. The summed E-state index contributed by atoms with van der Waals surface area (Å²) < 4.78 is 1.64. The van der Waals surface area contributed by atoms with Gasteiger partial charge in [-0.2, -0.15) is 11.8 Å². The van der Waals surface area contributed by atoms with E-state index in [1.54, 1.807) is 4.57 Å². The number of imidazole rings is 1. The van der Waals surface area contributed by atoms with Gasteiger partial charge >= 0.3 is 12.0 Å². The quantitative estimate of drug-likeness (QED) is 0.732. The fraction of sp³-hybridized carbons (Fsp3) is 0.615. The fourth-order valence-corrected chi connectivity index (χ4v) is 3.37. The van der Waals surface area contributed by atoms with E-state index in [1.165, 1.54) is 31.1 Å². The highest BCUT2D eigenvalue weighted by molar-refractivity contribution is 7.99. The third-order valence-electron chi connectivity index (χ3n) is 3.27. The number of nitrogens with zero attached hydrogens (tertiary/aromatic N) is 2. The number of carbonyl (C=O) groups is 2. The monoisotopic (exact) mass is 312 g/mol. The van der Waals surface area contributed by atoms with Crippen LogP contribution in [0.4, 0.5) is 4.79 Å². The Morgan fingerprint density at radius 1 is 1.43 bits per heavy atom. The number of nitrogens with one attached hydrogen (secondary N) is 2. The largest absolute Gasteiger partial charge is 0.476 e. The van der Waals surface area contributed by atoms with Crippen LogP contribution in [0.3, 0.4) is 0 Å². The highest BCUT2D eigenvalue weighted by Gasteiger charge is 2.14. The Balaban J connectivity index is 1.61. The van der Waals surface area contributed by atoms with Crippen molar-refractivity contribution in [2.75, 3.05) is 18.8 Å². The number of amides is 2. The molecule has 2 rings (SSSR count). The summed E-state index contributed by atoms with van der Waals surface area (Å²) >= 11 is 1.92. The lowest BCUT2D eigenvalue weighted by Crippen LogP contribution is -2.40. The second kappa shape index (κ2) is 7.92. The van der Waals surface area contributed by atoms with Gasteiger partial charge in [0.25, 0.3) is 0 Å². The van der Waals surface area contributed by atoms with Crippen LogP contribution in [0.2, 0.25) is 0 Å². The highest BCUT2D eigenvalue weighted by atomic mass is 32.2. The number of rotatable bonds is 6.